The Bertz CT molecular complexity index is 679. The SMILES string of the molecule is CO/N=C(\C(=O)O)c1csc(NC(=O)C(C)NC(=O)OC(C)(C)C)n1. The average molecular weight is 372 g/mol. The number of carbonyl (C=O) groups excluding carboxylic acids is 2. The van der Waals surface area contributed by atoms with Crippen molar-refractivity contribution in [3.63, 3.8) is 0 Å². The van der Waals surface area contributed by atoms with Crippen molar-refractivity contribution in [3.8, 4) is 0 Å². The third-order valence-corrected chi connectivity index (χ3v) is 3.25. The standard InChI is InChI=1S/C14H20N4O6S/c1-7(15-13(22)24-14(2,3)4)10(19)17-12-16-8(6-25-12)9(11(20)21)18-23-5/h6-7H,1-5H3,(H,15,22)(H,20,21)(H,16,17,19)/b18-9-. The lowest BCUT2D eigenvalue weighted by molar-refractivity contribution is -0.129. The van der Waals surface area contributed by atoms with Gasteiger partial charge in [0.25, 0.3) is 0 Å². The van der Waals surface area contributed by atoms with Crippen LogP contribution < -0.4 is 10.6 Å². The summed E-state index contributed by atoms with van der Waals surface area (Å²) >= 11 is 1.01. The number of aromatic nitrogens is 1. The second kappa shape index (κ2) is 8.42. The van der Waals surface area contributed by atoms with Gasteiger partial charge in [-0.25, -0.2) is 14.6 Å². The highest BCUT2D eigenvalue weighted by molar-refractivity contribution is 7.14. The second-order valence-electron chi connectivity index (χ2n) is 5.82. The van der Waals surface area contributed by atoms with Gasteiger partial charge in [0.15, 0.2) is 5.13 Å². The van der Waals surface area contributed by atoms with E-state index in [1.54, 1.807) is 20.8 Å². The van der Waals surface area contributed by atoms with Gasteiger partial charge in [-0.05, 0) is 27.7 Å². The van der Waals surface area contributed by atoms with E-state index < -0.39 is 29.6 Å². The molecule has 11 heteroatoms. The lowest BCUT2D eigenvalue weighted by Gasteiger charge is -2.21. The Hall–Kier alpha value is -2.69. The van der Waals surface area contributed by atoms with Crippen molar-refractivity contribution in [2.45, 2.75) is 39.3 Å². The van der Waals surface area contributed by atoms with Crippen LogP contribution in [0.4, 0.5) is 9.93 Å². The van der Waals surface area contributed by atoms with Crippen LogP contribution in [0, 0.1) is 0 Å². The summed E-state index contributed by atoms with van der Waals surface area (Å²) in [4.78, 5) is 43.2. The molecule has 1 rings (SSSR count). The summed E-state index contributed by atoms with van der Waals surface area (Å²) < 4.78 is 5.06. The number of nitrogens with one attached hydrogen (secondary N) is 2. The maximum Gasteiger partial charge on any atom is 0.408 e. The fourth-order valence-electron chi connectivity index (χ4n) is 1.49. The van der Waals surface area contributed by atoms with E-state index >= 15 is 0 Å². The zero-order valence-corrected chi connectivity index (χ0v) is 15.3. The lowest BCUT2D eigenvalue weighted by Crippen LogP contribution is -2.43. The quantitative estimate of drug-likeness (QED) is 0.507. The molecule has 2 amide bonds. The second-order valence-corrected chi connectivity index (χ2v) is 6.68. The van der Waals surface area contributed by atoms with Crippen molar-refractivity contribution >= 4 is 40.1 Å². The first-order valence-corrected chi connectivity index (χ1v) is 8.02. The van der Waals surface area contributed by atoms with Crippen molar-refractivity contribution in [1.29, 1.82) is 0 Å². The number of ether oxygens (including phenoxy) is 1. The molecule has 0 aliphatic carbocycles. The maximum atomic E-state index is 12.1. The highest BCUT2D eigenvalue weighted by Gasteiger charge is 2.22. The van der Waals surface area contributed by atoms with E-state index in [0.29, 0.717) is 0 Å². The zero-order chi connectivity index (χ0) is 19.2. The Morgan fingerprint density at radius 3 is 2.52 bits per heavy atom. The number of alkyl carbamates (subject to hydrolysis) is 1. The van der Waals surface area contributed by atoms with Gasteiger partial charge in [-0.3, -0.25) is 4.79 Å². The van der Waals surface area contributed by atoms with Crippen molar-refractivity contribution in [2.75, 3.05) is 12.4 Å². The van der Waals surface area contributed by atoms with Gasteiger partial charge < -0.3 is 25.3 Å². The van der Waals surface area contributed by atoms with Crippen molar-refractivity contribution < 1.29 is 29.1 Å². The number of hydrogen-bond acceptors (Lipinski definition) is 8. The topological polar surface area (TPSA) is 139 Å². The van der Waals surface area contributed by atoms with Gasteiger partial charge in [0.1, 0.15) is 24.4 Å². The zero-order valence-electron chi connectivity index (χ0n) is 14.4. The Kier molecular flexibility index (Phi) is 6.86. The third kappa shape index (κ3) is 6.75. The van der Waals surface area contributed by atoms with E-state index in [1.807, 2.05) is 0 Å². The summed E-state index contributed by atoms with van der Waals surface area (Å²) in [7, 11) is 1.21. The van der Waals surface area contributed by atoms with Gasteiger partial charge in [0, 0.05) is 5.38 Å². The first-order chi connectivity index (χ1) is 11.5. The summed E-state index contributed by atoms with van der Waals surface area (Å²) in [5, 5.41) is 18.8. The Morgan fingerprint density at radius 1 is 1.36 bits per heavy atom. The smallest absolute Gasteiger partial charge is 0.408 e. The normalized spacial score (nSPS) is 12.9. The summed E-state index contributed by atoms with van der Waals surface area (Å²) in [5.41, 5.74) is -1.03. The molecule has 10 nitrogen and oxygen atoms in total. The molecule has 0 bridgehead atoms. The highest BCUT2D eigenvalue weighted by Crippen LogP contribution is 2.17. The molecule has 0 radical (unpaired) electrons. The summed E-state index contributed by atoms with van der Waals surface area (Å²) in [5.74, 6) is -1.85. The van der Waals surface area contributed by atoms with Crippen molar-refractivity contribution in [2.24, 2.45) is 5.16 Å². The molecule has 1 unspecified atom stereocenters. The molecule has 0 aromatic carbocycles. The minimum absolute atomic E-state index is 0.0439. The van der Waals surface area contributed by atoms with E-state index in [9.17, 15) is 14.4 Å². The number of rotatable bonds is 6. The Morgan fingerprint density at radius 2 is 2.00 bits per heavy atom. The molecule has 0 aliphatic heterocycles. The fourth-order valence-corrected chi connectivity index (χ4v) is 2.19. The number of carbonyl (C=O) groups is 3. The highest BCUT2D eigenvalue weighted by atomic mass is 32.1. The molecule has 1 heterocycles. The van der Waals surface area contributed by atoms with Gasteiger partial charge in [-0.15, -0.1) is 11.3 Å². The summed E-state index contributed by atoms with van der Waals surface area (Å²) in [6.07, 6.45) is -0.727. The third-order valence-electron chi connectivity index (χ3n) is 2.49. The average Bonchev–Trinajstić information content (AvgIpc) is 2.90. The van der Waals surface area contributed by atoms with Crippen LogP contribution in [-0.4, -0.2) is 52.5 Å². The number of thiazole rings is 1. The van der Waals surface area contributed by atoms with Crippen LogP contribution in [-0.2, 0) is 19.2 Å². The van der Waals surface area contributed by atoms with Crippen LogP contribution in [0.5, 0.6) is 0 Å². The van der Waals surface area contributed by atoms with E-state index in [4.69, 9.17) is 9.84 Å². The van der Waals surface area contributed by atoms with E-state index in [-0.39, 0.29) is 16.5 Å². The number of carboxylic acid groups (broad SMARTS) is 1. The van der Waals surface area contributed by atoms with Gasteiger partial charge in [0.2, 0.25) is 11.6 Å². The van der Waals surface area contributed by atoms with E-state index in [0.717, 1.165) is 11.3 Å². The molecular formula is C14H20N4O6S. The van der Waals surface area contributed by atoms with Crippen LogP contribution in [0.1, 0.15) is 33.4 Å². The summed E-state index contributed by atoms with van der Waals surface area (Å²) in [6, 6.07) is -0.881. The van der Waals surface area contributed by atoms with Crippen LogP contribution in [0.15, 0.2) is 10.5 Å². The van der Waals surface area contributed by atoms with E-state index in [1.165, 1.54) is 19.4 Å². The molecule has 0 aliphatic rings. The summed E-state index contributed by atoms with van der Waals surface area (Å²) in [6.45, 7) is 6.59. The molecule has 1 aromatic rings. The molecular weight excluding hydrogens is 352 g/mol. The van der Waals surface area contributed by atoms with Gasteiger partial charge in [0.05, 0.1) is 0 Å². The Labute approximate surface area is 148 Å². The van der Waals surface area contributed by atoms with Crippen LogP contribution in [0.25, 0.3) is 0 Å². The van der Waals surface area contributed by atoms with Crippen LogP contribution >= 0.6 is 11.3 Å². The molecule has 1 atom stereocenters. The largest absolute Gasteiger partial charge is 0.476 e. The molecule has 1 aromatic heterocycles. The number of nitrogens with zero attached hydrogens (tertiary/aromatic N) is 2. The molecule has 0 fully saturated rings. The lowest BCUT2D eigenvalue weighted by atomic mass is 10.2. The van der Waals surface area contributed by atoms with E-state index in [2.05, 4.69) is 25.6 Å². The number of hydrogen-bond donors (Lipinski definition) is 3. The monoisotopic (exact) mass is 372 g/mol. The van der Waals surface area contributed by atoms with Crippen molar-refractivity contribution in [3.05, 3.63) is 11.1 Å². The number of amides is 2. The molecule has 138 valence electrons. The fraction of sp³-hybridized carbons (Fsp3) is 0.500. The predicted octanol–water partition coefficient (Wildman–Crippen LogP) is 1.43. The molecule has 0 spiro atoms. The number of anilines is 1. The van der Waals surface area contributed by atoms with Gasteiger partial charge in [-0.1, -0.05) is 5.16 Å². The molecule has 3 N–H and O–H groups in total. The minimum atomic E-state index is -1.31. The van der Waals surface area contributed by atoms with Gasteiger partial charge in [-0.2, -0.15) is 0 Å². The number of carboxylic acids is 1. The van der Waals surface area contributed by atoms with Crippen LogP contribution in [0.3, 0.4) is 0 Å². The predicted molar refractivity (Wildman–Crippen MR) is 90.8 cm³/mol. The Balaban J connectivity index is 2.70. The maximum absolute atomic E-state index is 12.1. The first kappa shape index (κ1) is 20.4. The van der Waals surface area contributed by atoms with Crippen molar-refractivity contribution in [1.82, 2.24) is 10.3 Å². The molecule has 0 saturated heterocycles. The molecule has 25 heavy (non-hydrogen) atoms. The number of aliphatic carboxylic acids is 1. The number of oxime groups is 1. The molecule has 0 saturated carbocycles. The van der Waals surface area contributed by atoms with Gasteiger partial charge >= 0.3 is 12.1 Å². The van der Waals surface area contributed by atoms with Crippen LogP contribution in [0.2, 0.25) is 0 Å². The first-order valence-electron chi connectivity index (χ1n) is 7.14. The minimum Gasteiger partial charge on any atom is -0.476 e.